The largest absolute Gasteiger partial charge is 0.392 e. The number of nitrogens with one attached hydrogen (secondary N) is 1. The Morgan fingerprint density at radius 2 is 2.00 bits per heavy atom. The molecule has 2 N–H and O–H groups in total. The van der Waals surface area contributed by atoms with Gasteiger partial charge in [0.15, 0.2) is 0 Å². The highest BCUT2D eigenvalue weighted by molar-refractivity contribution is 5.22. The number of ether oxygens (including phenoxy) is 1. The van der Waals surface area contributed by atoms with Gasteiger partial charge in [0.2, 0.25) is 0 Å². The van der Waals surface area contributed by atoms with E-state index >= 15 is 0 Å². The lowest BCUT2D eigenvalue weighted by Gasteiger charge is -2.16. The van der Waals surface area contributed by atoms with E-state index in [9.17, 15) is 5.11 Å². The second-order valence-electron chi connectivity index (χ2n) is 4.16. The lowest BCUT2D eigenvalue weighted by Crippen LogP contribution is -2.34. The molecule has 0 radical (unpaired) electrons. The number of methoxy groups -OCH3 is 1. The van der Waals surface area contributed by atoms with E-state index in [1.165, 1.54) is 11.1 Å². The summed E-state index contributed by atoms with van der Waals surface area (Å²) in [5.74, 6) is 0. The Balaban J connectivity index is 2.50. The van der Waals surface area contributed by atoms with Gasteiger partial charge in [0, 0.05) is 19.7 Å². The zero-order valence-corrected chi connectivity index (χ0v) is 10.2. The molecule has 0 heterocycles. The Kier molecular flexibility index (Phi) is 5.46. The van der Waals surface area contributed by atoms with Gasteiger partial charge in [-0.05, 0) is 25.0 Å². The minimum atomic E-state index is -0.331. The maximum absolute atomic E-state index is 9.36. The Bertz CT molecular complexity index is 313. The molecule has 2 atom stereocenters. The smallest absolute Gasteiger partial charge is 0.0713 e. The van der Waals surface area contributed by atoms with Crippen molar-refractivity contribution in [3.8, 4) is 0 Å². The minimum absolute atomic E-state index is 0.103. The van der Waals surface area contributed by atoms with E-state index < -0.39 is 0 Å². The van der Waals surface area contributed by atoms with Crippen molar-refractivity contribution < 1.29 is 9.84 Å². The van der Waals surface area contributed by atoms with Gasteiger partial charge in [-0.25, -0.2) is 0 Å². The SMILES string of the molecule is COCc1cccc(CNC(C)C(C)O)c1. The van der Waals surface area contributed by atoms with E-state index in [1.54, 1.807) is 14.0 Å². The molecule has 3 nitrogen and oxygen atoms in total. The Morgan fingerprint density at radius 1 is 1.31 bits per heavy atom. The van der Waals surface area contributed by atoms with Gasteiger partial charge in [0.25, 0.3) is 0 Å². The van der Waals surface area contributed by atoms with Crippen molar-refractivity contribution in [2.45, 2.75) is 39.1 Å². The van der Waals surface area contributed by atoms with E-state index in [0.29, 0.717) is 6.61 Å². The monoisotopic (exact) mass is 223 g/mol. The predicted molar refractivity (Wildman–Crippen MR) is 65.1 cm³/mol. The topological polar surface area (TPSA) is 41.5 Å². The average molecular weight is 223 g/mol. The minimum Gasteiger partial charge on any atom is -0.392 e. The molecule has 0 saturated carbocycles. The van der Waals surface area contributed by atoms with Gasteiger partial charge in [-0.2, -0.15) is 0 Å². The van der Waals surface area contributed by atoms with E-state index in [4.69, 9.17) is 4.74 Å². The van der Waals surface area contributed by atoms with Crippen molar-refractivity contribution in [3.05, 3.63) is 35.4 Å². The Morgan fingerprint density at radius 3 is 2.62 bits per heavy atom. The fraction of sp³-hybridized carbons (Fsp3) is 0.538. The number of rotatable bonds is 6. The first-order valence-electron chi connectivity index (χ1n) is 5.61. The van der Waals surface area contributed by atoms with Crippen molar-refractivity contribution in [2.24, 2.45) is 0 Å². The summed E-state index contributed by atoms with van der Waals surface area (Å²) < 4.78 is 5.09. The highest BCUT2D eigenvalue weighted by Crippen LogP contribution is 2.06. The van der Waals surface area contributed by atoms with E-state index in [0.717, 1.165) is 6.54 Å². The number of aliphatic hydroxyl groups excluding tert-OH is 1. The molecule has 0 saturated heterocycles. The molecule has 1 aromatic rings. The van der Waals surface area contributed by atoms with Crippen LogP contribution in [0.3, 0.4) is 0 Å². The van der Waals surface area contributed by atoms with Crippen LogP contribution in [-0.4, -0.2) is 24.4 Å². The quantitative estimate of drug-likeness (QED) is 0.771. The van der Waals surface area contributed by atoms with Crippen molar-refractivity contribution in [1.82, 2.24) is 5.32 Å². The number of aliphatic hydroxyl groups is 1. The first-order chi connectivity index (χ1) is 7.63. The summed E-state index contributed by atoms with van der Waals surface area (Å²) in [6.07, 6.45) is -0.331. The van der Waals surface area contributed by atoms with Crippen LogP contribution in [0.4, 0.5) is 0 Å². The predicted octanol–water partition coefficient (Wildman–Crippen LogP) is 1.69. The summed E-state index contributed by atoms with van der Waals surface area (Å²) in [5.41, 5.74) is 2.38. The molecular weight excluding hydrogens is 202 g/mol. The molecule has 90 valence electrons. The van der Waals surface area contributed by atoms with E-state index in [2.05, 4.69) is 17.4 Å². The van der Waals surface area contributed by atoms with Crippen LogP contribution in [0.5, 0.6) is 0 Å². The summed E-state index contributed by atoms with van der Waals surface area (Å²) in [6, 6.07) is 8.36. The lowest BCUT2D eigenvalue weighted by atomic mass is 10.1. The van der Waals surface area contributed by atoms with Crippen molar-refractivity contribution in [2.75, 3.05) is 7.11 Å². The zero-order chi connectivity index (χ0) is 12.0. The van der Waals surface area contributed by atoms with Crippen LogP contribution in [0.2, 0.25) is 0 Å². The molecule has 16 heavy (non-hydrogen) atoms. The van der Waals surface area contributed by atoms with Gasteiger partial charge in [-0.15, -0.1) is 0 Å². The van der Waals surface area contributed by atoms with Gasteiger partial charge >= 0.3 is 0 Å². The fourth-order valence-electron chi connectivity index (χ4n) is 1.45. The number of hydrogen-bond donors (Lipinski definition) is 2. The van der Waals surface area contributed by atoms with Gasteiger partial charge in [-0.3, -0.25) is 0 Å². The maximum Gasteiger partial charge on any atom is 0.0713 e. The molecule has 1 aromatic carbocycles. The van der Waals surface area contributed by atoms with Gasteiger partial charge in [0.05, 0.1) is 12.7 Å². The second kappa shape index (κ2) is 6.63. The second-order valence-corrected chi connectivity index (χ2v) is 4.16. The normalized spacial score (nSPS) is 14.8. The molecule has 0 spiro atoms. The first kappa shape index (κ1) is 13.2. The van der Waals surface area contributed by atoms with E-state index in [1.807, 2.05) is 19.1 Å². The molecule has 0 bridgehead atoms. The summed E-state index contributed by atoms with van der Waals surface area (Å²) in [4.78, 5) is 0. The third kappa shape index (κ3) is 4.31. The Hall–Kier alpha value is -0.900. The molecule has 0 fully saturated rings. The summed E-state index contributed by atoms with van der Waals surface area (Å²) >= 11 is 0. The van der Waals surface area contributed by atoms with Crippen LogP contribution in [0.1, 0.15) is 25.0 Å². The maximum atomic E-state index is 9.36. The first-order valence-corrected chi connectivity index (χ1v) is 5.61. The highest BCUT2D eigenvalue weighted by Gasteiger charge is 2.07. The molecule has 0 aliphatic heterocycles. The molecule has 0 aliphatic carbocycles. The van der Waals surface area contributed by atoms with Crippen LogP contribution < -0.4 is 5.32 Å². The molecule has 2 unspecified atom stereocenters. The Labute approximate surface area is 97.4 Å². The summed E-state index contributed by atoms with van der Waals surface area (Å²) in [5, 5.41) is 12.6. The standard InChI is InChI=1S/C13H21NO2/c1-10(11(2)15)14-8-12-5-4-6-13(7-12)9-16-3/h4-7,10-11,14-15H,8-9H2,1-3H3. The molecule has 0 aromatic heterocycles. The van der Waals surface area contributed by atoms with Crippen LogP contribution in [0, 0.1) is 0 Å². The van der Waals surface area contributed by atoms with Crippen LogP contribution in [-0.2, 0) is 17.9 Å². The molecule has 0 amide bonds. The van der Waals surface area contributed by atoms with Crippen LogP contribution >= 0.6 is 0 Å². The highest BCUT2D eigenvalue weighted by atomic mass is 16.5. The van der Waals surface area contributed by atoms with Crippen LogP contribution in [0.25, 0.3) is 0 Å². The van der Waals surface area contributed by atoms with E-state index in [-0.39, 0.29) is 12.1 Å². The third-order valence-electron chi connectivity index (χ3n) is 2.65. The third-order valence-corrected chi connectivity index (χ3v) is 2.65. The van der Waals surface area contributed by atoms with Crippen molar-refractivity contribution >= 4 is 0 Å². The van der Waals surface area contributed by atoms with Gasteiger partial charge < -0.3 is 15.2 Å². The fourth-order valence-corrected chi connectivity index (χ4v) is 1.45. The number of benzene rings is 1. The molecule has 3 heteroatoms. The van der Waals surface area contributed by atoms with Crippen molar-refractivity contribution in [3.63, 3.8) is 0 Å². The summed E-state index contributed by atoms with van der Waals surface area (Å²) in [7, 11) is 1.69. The van der Waals surface area contributed by atoms with Gasteiger partial charge in [0.1, 0.15) is 0 Å². The zero-order valence-electron chi connectivity index (χ0n) is 10.2. The van der Waals surface area contributed by atoms with Crippen LogP contribution in [0.15, 0.2) is 24.3 Å². The summed E-state index contributed by atoms with van der Waals surface area (Å²) in [6.45, 7) is 5.17. The average Bonchev–Trinajstić information content (AvgIpc) is 2.26. The lowest BCUT2D eigenvalue weighted by molar-refractivity contribution is 0.152. The molecule has 0 aliphatic rings. The molecule has 1 rings (SSSR count). The van der Waals surface area contributed by atoms with Crippen molar-refractivity contribution in [1.29, 1.82) is 0 Å². The molecular formula is C13H21NO2. The number of hydrogen-bond acceptors (Lipinski definition) is 3. The van der Waals surface area contributed by atoms with Gasteiger partial charge in [-0.1, -0.05) is 24.3 Å².